The molecule has 20 heavy (non-hydrogen) atoms. The van der Waals surface area contributed by atoms with Crippen molar-refractivity contribution in [2.75, 3.05) is 18.0 Å². The summed E-state index contributed by atoms with van der Waals surface area (Å²) < 4.78 is 0. The number of anilines is 1. The van der Waals surface area contributed by atoms with Gasteiger partial charge in [0.05, 0.1) is 0 Å². The Bertz CT molecular complexity index is 436. The van der Waals surface area contributed by atoms with Crippen LogP contribution in [0.1, 0.15) is 44.2 Å². The third-order valence-electron chi connectivity index (χ3n) is 4.23. The summed E-state index contributed by atoms with van der Waals surface area (Å²) in [5.74, 6) is 0.276. The van der Waals surface area contributed by atoms with Crippen LogP contribution in [0.3, 0.4) is 0 Å². The average molecular weight is 275 g/mol. The molecule has 4 N–H and O–H groups in total. The van der Waals surface area contributed by atoms with Gasteiger partial charge in [0.2, 0.25) is 5.91 Å². The van der Waals surface area contributed by atoms with E-state index in [9.17, 15) is 4.79 Å². The van der Waals surface area contributed by atoms with Crippen molar-refractivity contribution in [3.05, 3.63) is 29.8 Å². The van der Waals surface area contributed by atoms with Crippen molar-refractivity contribution in [1.82, 2.24) is 0 Å². The van der Waals surface area contributed by atoms with Gasteiger partial charge >= 0.3 is 0 Å². The van der Waals surface area contributed by atoms with Crippen molar-refractivity contribution in [3.8, 4) is 0 Å². The van der Waals surface area contributed by atoms with Gasteiger partial charge in [0.1, 0.15) is 0 Å². The predicted molar refractivity (Wildman–Crippen MR) is 82.4 cm³/mol. The SMILES string of the molecule is CC[C@@H](N)c1ccc(N2CCC(CC(N)=O)CC2)cc1. The van der Waals surface area contributed by atoms with Crippen LogP contribution in [0, 0.1) is 5.92 Å². The molecule has 1 aromatic rings. The summed E-state index contributed by atoms with van der Waals surface area (Å²) in [6.07, 6.45) is 3.56. The molecule has 1 aliphatic heterocycles. The van der Waals surface area contributed by atoms with Gasteiger partial charge in [0, 0.05) is 31.2 Å². The number of rotatable bonds is 5. The molecule has 2 rings (SSSR count). The van der Waals surface area contributed by atoms with E-state index in [2.05, 4.69) is 36.1 Å². The van der Waals surface area contributed by atoms with Gasteiger partial charge in [0.15, 0.2) is 0 Å². The van der Waals surface area contributed by atoms with E-state index in [1.807, 2.05) is 0 Å². The number of primary amides is 1. The molecule has 1 heterocycles. The van der Waals surface area contributed by atoms with E-state index < -0.39 is 0 Å². The molecule has 4 heteroatoms. The first-order valence-electron chi connectivity index (χ1n) is 7.49. The van der Waals surface area contributed by atoms with Crippen molar-refractivity contribution in [2.24, 2.45) is 17.4 Å². The predicted octanol–water partition coefficient (Wildman–Crippen LogP) is 2.19. The lowest BCUT2D eigenvalue weighted by Crippen LogP contribution is -2.35. The summed E-state index contributed by atoms with van der Waals surface area (Å²) in [6.45, 7) is 4.09. The van der Waals surface area contributed by atoms with Crippen LogP contribution >= 0.6 is 0 Å². The number of nitrogens with two attached hydrogens (primary N) is 2. The number of hydrogen-bond donors (Lipinski definition) is 2. The molecule has 0 bridgehead atoms. The summed E-state index contributed by atoms with van der Waals surface area (Å²) in [6, 6.07) is 8.68. The molecule has 0 saturated carbocycles. The lowest BCUT2D eigenvalue weighted by Gasteiger charge is -2.33. The molecule has 0 spiro atoms. The highest BCUT2D eigenvalue weighted by Gasteiger charge is 2.20. The molecule has 4 nitrogen and oxygen atoms in total. The Morgan fingerprint density at radius 2 is 1.90 bits per heavy atom. The van der Waals surface area contributed by atoms with Crippen LogP contribution in [0.15, 0.2) is 24.3 Å². The maximum Gasteiger partial charge on any atom is 0.217 e. The number of piperidine rings is 1. The Balaban J connectivity index is 1.92. The molecule has 1 atom stereocenters. The Kier molecular flexibility index (Phi) is 5.01. The maximum absolute atomic E-state index is 10.9. The first-order chi connectivity index (χ1) is 9.60. The van der Waals surface area contributed by atoms with Gasteiger partial charge in [-0.15, -0.1) is 0 Å². The Hall–Kier alpha value is -1.55. The molecular formula is C16H25N3O. The molecule has 1 aromatic carbocycles. The monoisotopic (exact) mass is 275 g/mol. The number of carbonyl (C=O) groups is 1. The van der Waals surface area contributed by atoms with Gasteiger partial charge in [-0.05, 0) is 42.9 Å². The zero-order valence-electron chi connectivity index (χ0n) is 12.2. The first kappa shape index (κ1) is 14.9. The fourth-order valence-electron chi connectivity index (χ4n) is 2.85. The summed E-state index contributed by atoms with van der Waals surface area (Å²) in [5, 5.41) is 0. The topological polar surface area (TPSA) is 72.3 Å². The molecule has 0 radical (unpaired) electrons. The Morgan fingerprint density at radius 3 is 2.40 bits per heavy atom. The quantitative estimate of drug-likeness (QED) is 0.865. The van der Waals surface area contributed by atoms with Gasteiger partial charge in [-0.2, -0.15) is 0 Å². The zero-order valence-corrected chi connectivity index (χ0v) is 12.2. The van der Waals surface area contributed by atoms with Gasteiger partial charge in [-0.1, -0.05) is 19.1 Å². The van der Waals surface area contributed by atoms with Crippen LogP contribution in [-0.4, -0.2) is 19.0 Å². The fourth-order valence-corrected chi connectivity index (χ4v) is 2.85. The third-order valence-corrected chi connectivity index (χ3v) is 4.23. The number of hydrogen-bond acceptors (Lipinski definition) is 3. The molecular weight excluding hydrogens is 250 g/mol. The lowest BCUT2D eigenvalue weighted by atomic mass is 9.93. The van der Waals surface area contributed by atoms with E-state index in [0.717, 1.165) is 32.4 Å². The first-order valence-corrected chi connectivity index (χ1v) is 7.49. The van der Waals surface area contributed by atoms with E-state index >= 15 is 0 Å². The molecule has 110 valence electrons. The van der Waals surface area contributed by atoms with E-state index in [1.165, 1.54) is 11.3 Å². The molecule has 1 saturated heterocycles. The van der Waals surface area contributed by atoms with Gasteiger partial charge < -0.3 is 16.4 Å². The number of carbonyl (C=O) groups excluding carboxylic acids is 1. The standard InChI is InChI=1S/C16H25N3O/c1-2-15(17)13-3-5-14(6-4-13)19-9-7-12(8-10-19)11-16(18)20/h3-6,12,15H,2,7-11,17H2,1H3,(H2,18,20)/t15-/m1/s1. The second-order valence-electron chi connectivity index (χ2n) is 5.71. The summed E-state index contributed by atoms with van der Waals surface area (Å²) in [4.78, 5) is 13.3. The highest BCUT2D eigenvalue weighted by Crippen LogP contribution is 2.26. The zero-order chi connectivity index (χ0) is 14.5. The summed E-state index contributed by atoms with van der Waals surface area (Å²) >= 11 is 0. The van der Waals surface area contributed by atoms with Crippen molar-refractivity contribution in [1.29, 1.82) is 0 Å². The van der Waals surface area contributed by atoms with E-state index in [-0.39, 0.29) is 11.9 Å². The minimum absolute atomic E-state index is 0.130. The molecule has 0 aliphatic carbocycles. The largest absolute Gasteiger partial charge is 0.372 e. The molecule has 0 aromatic heterocycles. The number of benzene rings is 1. The minimum atomic E-state index is -0.179. The Labute approximate surface area is 121 Å². The van der Waals surface area contributed by atoms with E-state index in [1.54, 1.807) is 0 Å². The highest BCUT2D eigenvalue weighted by molar-refractivity contribution is 5.74. The van der Waals surface area contributed by atoms with Crippen LogP contribution in [0.4, 0.5) is 5.69 Å². The molecule has 1 aliphatic rings. The minimum Gasteiger partial charge on any atom is -0.372 e. The number of nitrogens with zero attached hydrogens (tertiary/aromatic N) is 1. The van der Waals surface area contributed by atoms with E-state index in [0.29, 0.717) is 12.3 Å². The highest BCUT2D eigenvalue weighted by atomic mass is 16.1. The molecule has 1 amide bonds. The van der Waals surface area contributed by atoms with Crippen LogP contribution in [0.5, 0.6) is 0 Å². The van der Waals surface area contributed by atoms with Gasteiger partial charge in [-0.3, -0.25) is 4.79 Å². The van der Waals surface area contributed by atoms with Crippen molar-refractivity contribution in [3.63, 3.8) is 0 Å². The van der Waals surface area contributed by atoms with Crippen molar-refractivity contribution < 1.29 is 4.79 Å². The molecule has 1 fully saturated rings. The Morgan fingerprint density at radius 1 is 1.30 bits per heavy atom. The van der Waals surface area contributed by atoms with Crippen LogP contribution in [0.2, 0.25) is 0 Å². The van der Waals surface area contributed by atoms with E-state index in [4.69, 9.17) is 11.5 Å². The second kappa shape index (κ2) is 6.75. The average Bonchev–Trinajstić information content (AvgIpc) is 2.47. The summed E-state index contributed by atoms with van der Waals surface area (Å²) in [7, 11) is 0. The van der Waals surface area contributed by atoms with Crippen LogP contribution < -0.4 is 16.4 Å². The van der Waals surface area contributed by atoms with Crippen LogP contribution in [0.25, 0.3) is 0 Å². The fraction of sp³-hybridized carbons (Fsp3) is 0.562. The maximum atomic E-state index is 10.9. The van der Waals surface area contributed by atoms with Crippen LogP contribution in [-0.2, 0) is 4.79 Å². The van der Waals surface area contributed by atoms with Crippen molar-refractivity contribution >= 4 is 11.6 Å². The lowest BCUT2D eigenvalue weighted by molar-refractivity contribution is -0.119. The summed E-state index contributed by atoms with van der Waals surface area (Å²) in [5.41, 5.74) is 13.7. The van der Waals surface area contributed by atoms with Crippen molar-refractivity contribution in [2.45, 2.75) is 38.6 Å². The molecule has 0 unspecified atom stereocenters. The second-order valence-corrected chi connectivity index (χ2v) is 5.71. The smallest absolute Gasteiger partial charge is 0.217 e. The van der Waals surface area contributed by atoms with Gasteiger partial charge in [-0.25, -0.2) is 0 Å². The number of amides is 1. The third kappa shape index (κ3) is 3.73. The van der Waals surface area contributed by atoms with Gasteiger partial charge in [0.25, 0.3) is 0 Å². The normalized spacial score (nSPS) is 18.0.